The van der Waals surface area contributed by atoms with Gasteiger partial charge in [-0.15, -0.1) is 0 Å². The van der Waals surface area contributed by atoms with Crippen molar-refractivity contribution in [2.24, 2.45) is 0 Å². The van der Waals surface area contributed by atoms with Crippen LogP contribution in [0.4, 0.5) is 5.69 Å². The van der Waals surface area contributed by atoms with Crippen molar-refractivity contribution in [1.82, 2.24) is 0 Å². The topological polar surface area (TPSA) is 43.1 Å². The number of nitro benzene ring substituents is 1. The van der Waals surface area contributed by atoms with Crippen molar-refractivity contribution in [1.29, 1.82) is 0 Å². The van der Waals surface area contributed by atoms with Crippen molar-refractivity contribution in [3.05, 3.63) is 84.3 Å². The molecule has 2 aromatic carbocycles. The maximum Gasteiger partial charge on any atom is 0.288 e. The van der Waals surface area contributed by atoms with E-state index in [9.17, 15) is 10.1 Å². The molecule has 0 spiro atoms. The fraction of sp³-hybridized carbons (Fsp3) is 0.0588. The van der Waals surface area contributed by atoms with Crippen LogP contribution in [-0.4, -0.2) is 4.92 Å². The number of hydrogen-bond acceptors (Lipinski definition) is 2. The molecule has 110 valence electrons. The Morgan fingerprint density at radius 1 is 1.18 bits per heavy atom. The lowest BCUT2D eigenvalue weighted by molar-refractivity contribution is -0.384. The predicted octanol–water partition coefficient (Wildman–Crippen LogP) is 5.66. The van der Waals surface area contributed by atoms with E-state index in [4.69, 9.17) is 11.6 Å². The Morgan fingerprint density at radius 2 is 2.00 bits per heavy atom. The van der Waals surface area contributed by atoms with Gasteiger partial charge in [0.25, 0.3) is 5.69 Å². The van der Waals surface area contributed by atoms with Crippen LogP contribution in [0.1, 0.15) is 16.7 Å². The second-order valence-corrected chi connectivity index (χ2v) is 6.36. The normalized spacial score (nSPS) is 13.3. The number of nitrogens with zero attached hydrogens (tertiary/aromatic N) is 1. The molecule has 3 rings (SSSR count). The van der Waals surface area contributed by atoms with Gasteiger partial charge < -0.3 is 0 Å². The predicted molar refractivity (Wildman–Crippen MR) is 93.0 cm³/mol. The zero-order valence-corrected chi connectivity index (χ0v) is 13.8. The lowest BCUT2D eigenvalue weighted by atomic mass is 10.1. The fourth-order valence-electron chi connectivity index (χ4n) is 2.42. The van der Waals surface area contributed by atoms with E-state index < -0.39 is 4.92 Å². The zero-order valence-electron chi connectivity index (χ0n) is 11.4. The lowest BCUT2D eigenvalue weighted by Crippen LogP contribution is -1.89. The highest BCUT2D eigenvalue weighted by Gasteiger charge is 2.13. The third-order valence-electron chi connectivity index (χ3n) is 3.50. The Balaban J connectivity index is 1.82. The van der Waals surface area contributed by atoms with Crippen LogP contribution < -0.4 is 0 Å². The first-order valence-electron chi connectivity index (χ1n) is 6.64. The van der Waals surface area contributed by atoms with Crippen molar-refractivity contribution >= 4 is 45.4 Å². The van der Waals surface area contributed by atoms with Crippen LogP contribution in [-0.2, 0) is 6.42 Å². The van der Waals surface area contributed by atoms with Crippen molar-refractivity contribution < 1.29 is 4.92 Å². The fourth-order valence-corrected chi connectivity index (χ4v) is 3.02. The molecule has 22 heavy (non-hydrogen) atoms. The van der Waals surface area contributed by atoms with Gasteiger partial charge in [0, 0.05) is 10.5 Å². The molecule has 0 N–H and O–H groups in total. The van der Waals surface area contributed by atoms with E-state index in [0.717, 1.165) is 16.5 Å². The molecule has 1 aliphatic rings. The average molecular weight is 377 g/mol. The standard InChI is InChI=1S/C17H11BrClNO2/c18-15-5-4-13-7-12(8-14(13)10-15)2-1-11-3-6-16(19)17(9-11)20(21)22/h1-7,9-10H,8H2/b2-1+. The highest BCUT2D eigenvalue weighted by Crippen LogP contribution is 2.29. The highest BCUT2D eigenvalue weighted by molar-refractivity contribution is 9.10. The van der Waals surface area contributed by atoms with Crippen LogP contribution in [0.5, 0.6) is 0 Å². The highest BCUT2D eigenvalue weighted by atomic mass is 79.9. The van der Waals surface area contributed by atoms with Crippen molar-refractivity contribution in [2.75, 3.05) is 0 Å². The number of rotatable bonds is 3. The van der Waals surface area contributed by atoms with Crippen LogP contribution in [0, 0.1) is 10.1 Å². The van der Waals surface area contributed by atoms with Gasteiger partial charge in [-0.3, -0.25) is 10.1 Å². The molecule has 0 saturated carbocycles. The molecule has 0 radical (unpaired) electrons. The van der Waals surface area contributed by atoms with Gasteiger partial charge in [0.2, 0.25) is 0 Å². The van der Waals surface area contributed by atoms with Gasteiger partial charge in [0.1, 0.15) is 5.02 Å². The number of fused-ring (bicyclic) bond motifs is 1. The van der Waals surface area contributed by atoms with E-state index in [2.05, 4.69) is 34.1 Å². The van der Waals surface area contributed by atoms with Gasteiger partial charge in [0.15, 0.2) is 0 Å². The van der Waals surface area contributed by atoms with Crippen molar-refractivity contribution in [2.45, 2.75) is 6.42 Å². The number of benzene rings is 2. The Labute approximate surface area is 141 Å². The van der Waals surface area contributed by atoms with Crippen LogP contribution >= 0.6 is 27.5 Å². The maximum atomic E-state index is 10.9. The molecule has 2 aromatic rings. The summed E-state index contributed by atoms with van der Waals surface area (Å²) < 4.78 is 1.07. The molecule has 0 atom stereocenters. The second kappa shape index (κ2) is 6.07. The summed E-state index contributed by atoms with van der Waals surface area (Å²) in [7, 11) is 0. The largest absolute Gasteiger partial charge is 0.288 e. The molecule has 0 fully saturated rings. The maximum absolute atomic E-state index is 10.9. The molecule has 0 amide bonds. The first kappa shape index (κ1) is 15.0. The Kier molecular flexibility index (Phi) is 4.14. The van der Waals surface area contributed by atoms with E-state index in [1.165, 1.54) is 22.8 Å². The summed E-state index contributed by atoms with van der Waals surface area (Å²) >= 11 is 9.28. The van der Waals surface area contributed by atoms with Crippen molar-refractivity contribution in [3.63, 3.8) is 0 Å². The molecular weight excluding hydrogens is 366 g/mol. The minimum Gasteiger partial charge on any atom is -0.258 e. The third-order valence-corrected chi connectivity index (χ3v) is 4.31. The van der Waals surface area contributed by atoms with E-state index >= 15 is 0 Å². The second-order valence-electron chi connectivity index (χ2n) is 5.04. The van der Waals surface area contributed by atoms with E-state index in [-0.39, 0.29) is 10.7 Å². The van der Waals surface area contributed by atoms with Crippen LogP contribution in [0.25, 0.3) is 12.2 Å². The van der Waals surface area contributed by atoms with Crippen LogP contribution in [0.15, 0.2) is 52.5 Å². The monoisotopic (exact) mass is 375 g/mol. The smallest absolute Gasteiger partial charge is 0.258 e. The number of hydrogen-bond donors (Lipinski definition) is 0. The van der Waals surface area contributed by atoms with Gasteiger partial charge in [0.05, 0.1) is 4.92 Å². The van der Waals surface area contributed by atoms with Crippen molar-refractivity contribution in [3.8, 4) is 0 Å². The molecule has 1 aliphatic carbocycles. The first-order valence-corrected chi connectivity index (χ1v) is 7.81. The zero-order chi connectivity index (χ0) is 15.7. The summed E-state index contributed by atoms with van der Waals surface area (Å²) in [5.74, 6) is 0. The minimum atomic E-state index is -0.470. The summed E-state index contributed by atoms with van der Waals surface area (Å²) in [5, 5.41) is 11.0. The molecule has 0 aliphatic heterocycles. The van der Waals surface area contributed by atoms with Gasteiger partial charge in [-0.25, -0.2) is 0 Å². The Hall–Kier alpha value is -1.91. The summed E-state index contributed by atoms with van der Waals surface area (Å²) in [6.07, 6.45) is 6.85. The molecule has 5 heteroatoms. The molecule has 0 bridgehead atoms. The number of halogens is 2. The summed E-state index contributed by atoms with van der Waals surface area (Å²) in [6, 6.07) is 11.0. The average Bonchev–Trinajstić information content (AvgIpc) is 2.88. The van der Waals surface area contributed by atoms with E-state index in [1.807, 2.05) is 18.2 Å². The van der Waals surface area contributed by atoms with Crippen LogP contribution in [0.3, 0.4) is 0 Å². The summed E-state index contributed by atoms with van der Waals surface area (Å²) in [5.41, 5.74) is 4.34. The van der Waals surface area contributed by atoms with Gasteiger partial charge >= 0.3 is 0 Å². The molecular formula is C17H11BrClNO2. The number of nitro groups is 1. The quantitative estimate of drug-likeness (QED) is 0.512. The molecule has 3 nitrogen and oxygen atoms in total. The molecule has 0 aromatic heterocycles. The van der Waals surface area contributed by atoms with Gasteiger partial charge in [-0.2, -0.15) is 0 Å². The molecule has 0 heterocycles. The SMILES string of the molecule is O=[N+]([O-])c1cc(/C=C/C2=Cc3ccc(Br)cc3C2)ccc1Cl. The van der Waals surface area contributed by atoms with Gasteiger partial charge in [-0.05, 0) is 46.9 Å². The Morgan fingerprint density at radius 3 is 2.77 bits per heavy atom. The lowest BCUT2D eigenvalue weighted by Gasteiger charge is -1.99. The summed E-state index contributed by atoms with van der Waals surface area (Å²) in [6.45, 7) is 0. The first-order chi connectivity index (χ1) is 10.5. The van der Waals surface area contributed by atoms with E-state index in [0.29, 0.717) is 0 Å². The Bertz CT molecular complexity index is 827. The minimum absolute atomic E-state index is 0.0727. The van der Waals surface area contributed by atoms with E-state index in [1.54, 1.807) is 12.1 Å². The van der Waals surface area contributed by atoms with Gasteiger partial charge in [-0.1, -0.05) is 57.9 Å². The molecule has 0 unspecified atom stereocenters. The third kappa shape index (κ3) is 3.13. The summed E-state index contributed by atoms with van der Waals surface area (Å²) in [4.78, 5) is 10.4. The number of allylic oxidation sites excluding steroid dienone is 2. The molecule has 0 saturated heterocycles. The van der Waals surface area contributed by atoms with Crippen LogP contribution in [0.2, 0.25) is 5.02 Å².